The molecule has 202 valence electrons. The van der Waals surface area contributed by atoms with Crippen LogP contribution in [0.1, 0.15) is 44.5 Å². The summed E-state index contributed by atoms with van der Waals surface area (Å²) in [6.45, 7) is 4.05. The fourth-order valence-electron chi connectivity index (χ4n) is 5.65. The fraction of sp³-hybridized carbons (Fsp3) is 0.105. The lowest BCUT2D eigenvalue weighted by Crippen LogP contribution is -2.29. The van der Waals surface area contributed by atoms with Crippen LogP contribution in [0, 0.1) is 37.5 Å². The molecular weight excluding hydrogens is 553 g/mol. The van der Waals surface area contributed by atoms with Gasteiger partial charge in [0.05, 0.1) is 0 Å². The summed E-state index contributed by atoms with van der Waals surface area (Å²) in [6.07, 6.45) is 0. The smallest absolute Gasteiger partial charge is 0.179 e. The van der Waals surface area contributed by atoms with Crippen molar-refractivity contribution in [2.75, 3.05) is 0 Å². The highest BCUT2D eigenvalue weighted by molar-refractivity contribution is 7.99. The third-order valence-electron chi connectivity index (χ3n) is 7.87. The molecule has 7 rings (SSSR count). The zero-order valence-corrected chi connectivity index (χ0v) is 24.7. The number of fused-ring (bicyclic) bond motifs is 4. The zero-order valence-electron chi connectivity index (χ0n) is 23.1. The molecule has 0 fully saturated rings. The van der Waals surface area contributed by atoms with E-state index in [1.807, 2.05) is 117 Å². The largest absolute Gasteiger partial charge is 0.369 e. The minimum absolute atomic E-state index is 0.790. The van der Waals surface area contributed by atoms with Crippen LogP contribution in [0.3, 0.4) is 0 Å². The van der Waals surface area contributed by atoms with E-state index >= 15 is 0 Å². The Kier molecular flexibility index (Phi) is 6.54. The molecule has 2 heterocycles. The molecule has 0 saturated carbocycles. The molecular formula is C38H26O2S2. The number of benzene rings is 5. The van der Waals surface area contributed by atoms with Crippen molar-refractivity contribution >= 4 is 23.5 Å². The molecule has 4 heteroatoms. The van der Waals surface area contributed by atoms with Gasteiger partial charge in [-0.25, -0.2) is 0 Å². The van der Waals surface area contributed by atoms with E-state index in [1.54, 1.807) is 23.5 Å². The number of aryl methyl sites for hydroxylation is 2. The molecule has 0 aromatic heterocycles. The van der Waals surface area contributed by atoms with Gasteiger partial charge in [0.1, 0.15) is 0 Å². The number of hydrogen-bond donors (Lipinski definition) is 2. The standard InChI is InChI=1S/C38H26O2S2/c1-25-23-26(2)28(20-22-38(40)31-13-5-9-17-35(31)42-36-18-10-6-14-32(36)38)24-27(25)19-21-37(39)29-11-3-7-15-33(29)41-34-16-8-4-12-30(34)37/h3-18,23-24,39-40H,1-2H3. The van der Waals surface area contributed by atoms with E-state index in [4.69, 9.17) is 0 Å². The van der Waals surface area contributed by atoms with Gasteiger partial charge in [0.15, 0.2) is 11.2 Å². The first-order chi connectivity index (χ1) is 20.4. The van der Waals surface area contributed by atoms with Crippen LogP contribution >= 0.6 is 23.5 Å². The van der Waals surface area contributed by atoms with Crippen LogP contribution in [0.2, 0.25) is 0 Å². The Morgan fingerprint density at radius 3 is 1.12 bits per heavy atom. The van der Waals surface area contributed by atoms with Gasteiger partial charge in [0, 0.05) is 53.0 Å². The van der Waals surface area contributed by atoms with Gasteiger partial charge in [0.2, 0.25) is 0 Å². The van der Waals surface area contributed by atoms with Crippen LogP contribution in [0.5, 0.6) is 0 Å². The van der Waals surface area contributed by atoms with E-state index in [0.29, 0.717) is 0 Å². The zero-order chi connectivity index (χ0) is 28.9. The lowest BCUT2D eigenvalue weighted by Gasteiger charge is -2.32. The van der Waals surface area contributed by atoms with Crippen molar-refractivity contribution in [3.63, 3.8) is 0 Å². The quantitative estimate of drug-likeness (QED) is 0.184. The first-order valence-corrected chi connectivity index (χ1v) is 15.4. The normalized spacial score (nSPS) is 15.0. The highest BCUT2D eigenvalue weighted by atomic mass is 32.2. The molecule has 2 N–H and O–H groups in total. The van der Waals surface area contributed by atoms with Crippen molar-refractivity contribution in [2.24, 2.45) is 0 Å². The molecule has 2 nitrogen and oxygen atoms in total. The molecule has 0 radical (unpaired) electrons. The lowest BCUT2D eigenvalue weighted by molar-refractivity contribution is 0.138. The molecule has 0 spiro atoms. The Balaban J connectivity index is 1.33. The van der Waals surface area contributed by atoms with Gasteiger partial charge in [-0.1, -0.05) is 126 Å². The molecule has 2 aliphatic rings. The lowest BCUT2D eigenvalue weighted by atomic mass is 9.85. The second kappa shape index (κ2) is 10.3. The average Bonchev–Trinajstić information content (AvgIpc) is 3.01. The highest BCUT2D eigenvalue weighted by Crippen LogP contribution is 2.49. The van der Waals surface area contributed by atoms with Crippen molar-refractivity contribution in [1.82, 2.24) is 0 Å². The summed E-state index contributed by atoms with van der Waals surface area (Å²) in [6, 6.07) is 35.6. The molecule has 42 heavy (non-hydrogen) atoms. The van der Waals surface area contributed by atoms with E-state index in [2.05, 4.69) is 29.7 Å². The first kappa shape index (κ1) is 26.7. The Bertz CT molecular complexity index is 1790. The van der Waals surface area contributed by atoms with Crippen LogP contribution in [-0.4, -0.2) is 10.2 Å². The van der Waals surface area contributed by atoms with Crippen molar-refractivity contribution in [1.29, 1.82) is 0 Å². The highest BCUT2D eigenvalue weighted by Gasteiger charge is 2.39. The topological polar surface area (TPSA) is 40.5 Å². The molecule has 2 aliphatic heterocycles. The number of aliphatic hydroxyl groups is 2. The Hall–Kier alpha value is -4.16. The minimum atomic E-state index is -1.44. The van der Waals surface area contributed by atoms with Gasteiger partial charge in [-0.05, 0) is 55.3 Å². The Labute approximate surface area is 254 Å². The molecule has 0 atom stereocenters. The van der Waals surface area contributed by atoms with Gasteiger partial charge in [0.25, 0.3) is 0 Å². The van der Waals surface area contributed by atoms with Gasteiger partial charge in [-0.2, -0.15) is 0 Å². The molecule has 5 aromatic carbocycles. The summed E-state index contributed by atoms with van der Waals surface area (Å²) >= 11 is 3.31. The van der Waals surface area contributed by atoms with Crippen molar-refractivity contribution < 1.29 is 10.2 Å². The van der Waals surface area contributed by atoms with E-state index < -0.39 is 11.2 Å². The van der Waals surface area contributed by atoms with Gasteiger partial charge < -0.3 is 10.2 Å². The van der Waals surface area contributed by atoms with Crippen molar-refractivity contribution in [3.8, 4) is 23.7 Å². The first-order valence-electron chi connectivity index (χ1n) is 13.7. The summed E-state index contributed by atoms with van der Waals surface area (Å²) in [4.78, 5) is 4.00. The van der Waals surface area contributed by atoms with Gasteiger partial charge >= 0.3 is 0 Å². The second-order valence-corrected chi connectivity index (χ2v) is 12.8. The third-order valence-corrected chi connectivity index (χ3v) is 10.2. The van der Waals surface area contributed by atoms with E-state index in [1.165, 1.54) is 0 Å². The van der Waals surface area contributed by atoms with Crippen LogP contribution in [0.25, 0.3) is 0 Å². The fourth-order valence-corrected chi connectivity index (χ4v) is 8.01. The molecule has 0 bridgehead atoms. The summed E-state index contributed by atoms with van der Waals surface area (Å²) < 4.78 is 0. The van der Waals surface area contributed by atoms with Crippen LogP contribution in [-0.2, 0) is 11.2 Å². The SMILES string of the molecule is Cc1cc(C)c(C#CC2(O)c3ccccc3Sc3ccccc32)cc1C#CC1(O)c2ccccc2Sc2ccccc21. The summed E-state index contributed by atoms with van der Waals surface area (Å²) in [5.74, 6) is 13.1. The molecule has 0 aliphatic carbocycles. The maximum absolute atomic E-state index is 12.1. The maximum Gasteiger partial charge on any atom is 0.179 e. The van der Waals surface area contributed by atoms with Gasteiger partial charge in [-0.3, -0.25) is 0 Å². The monoisotopic (exact) mass is 578 g/mol. The predicted octanol–water partition coefficient (Wildman–Crippen LogP) is 7.81. The molecule has 0 unspecified atom stereocenters. The van der Waals surface area contributed by atoms with E-state index in [9.17, 15) is 10.2 Å². The molecule has 0 saturated heterocycles. The number of rotatable bonds is 0. The van der Waals surface area contributed by atoms with E-state index in [-0.39, 0.29) is 0 Å². The van der Waals surface area contributed by atoms with Crippen molar-refractivity contribution in [3.05, 3.63) is 154 Å². The van der Waals surface area contributed by atoms with Crippen molar-refractivity contribution in [2.45, 2.75) is 44.6 Å². The Morgan fingerprint density at radius 2 is 0.786 bits per heavy atom. The van der Waals surface area contributed by atoms with Crippen LogP contribution < -0.4 is 0 Å². The van der Waals surface area contributed by atoms with E-state index in [0.717, 1.165) is 64.1 Å². The molecule has 0 amide bonds. The molecule has 5 aromatic rings. The minimum Gasteiger partial charge on any atom is -0.369 e. The van der Waals surface area contributed by atoms with Crippen LogP contribution in [0.15, 0.2) is 129 Å². The second-order valence-electron chi connectivity index (χ2n) is 10.6. The average molecular weight is 579 g/mol. The summed E-state index contributed by atoms with van der Waals surface area (Å²) in [5.41, 5.74) is 3.88. The summed E-state index contributed by atoms with van der Waals surface area (Å²) in [5, 5.41) is 24.2. The predicted molar refractivity (Wildman–Crippen MR) is 170 cm³/mol. The maximum atomic E-state index is 12.1. The third kappa shape index (κ3) is 4.36. The summed E-state index contributed by atoms with van der Waals surface area (Å²) in [7, 11) is 0. The van der Waals surface area contributed by atoms with Crippen LogP contribution in [0.4, 0.5) is 0 Å². The van der Waals surface area contributed by atoms with Gasteiger partial charge in [-0.15, -0.1) is 0 Å². The Morgan fingerprint density at radius 1 is 0.476 bits per heavy atom. The number of hydrogen-bond acceptors (Lipinski definition) is 4.